The van der Waals surface area contributed by atoms with Crippen LogP contribution >= 0.6 is 11.6 Å². The second-order valence-electron chi connectivity index (χ2n) is 6.28. The van der Waals surface area contributed by atoms with Crippen LogP contribution in [0.15, 0.2) is 65.6 Å². The Balaban J connectivity index is 1.75. The number of hydrogen-bond donors (Lipinski definition) is 1. The van der Waals surface area contributed by atoms with Crippen LogP contribution in [0, 0.1) is 6.92 Å². The predicted octanol–water partition coefficient (Wildman–Crippen LogP) is 4.06. The van der Waals surface area contributed by atoms with Gasteiger partial charge >= 0.3 is 0 Å². The lowest BCUT2D eigenvalue weighted by molar-refractivity contribution is -0.116. The van der Waals surface area contributed by atoms with E-state index in [4.69, 9.17) is 11.6 Å². The van der Waals surface area contributed by atoms with Gasteiger partial charge in [-0.25, -0.2) is 8.42 Å². The van der Waals surface area contributed by atoms with Crippen LogP contribution < -0.4 is 5.32 Å². The number of aryl methyl sites for hydroxylation is 1. The minimum Gasteiger partial charge on any atom is -0.325 e. The fraction of sp³-hybridized carbons (Fsp3) is 0.150. The second-order valence-corrected chi connectivity index (χ2v) is 8.73. The average Bonchev–Trinajstić information content (AvgIpc) is 2.64. The molecule has 7 heteroatoms. The number of hydrogen-bond acceptors (Lipinski definition) is 3. The van der Waals surface area contributed by atoms with Gasteiger partial charge in [-0.3, -0.25) is 4.79 Å². The SMILES string of the molecule is Cc1ccc(NC(=O)CN(C)S(=O)(=O)c2ccc3ccccc3c2)cc1Cl. The zero-order valence-corrected chi connectivity index (χ0v) is 16.5. The Labute approximate surface area is 163 Å². The van der Waals surface area contributed by atoms with E-state index in [9.17, 15) is 13.2 Å². The number of halogens is 1. The molecule has 27 heavy (non-hydrogen) atoms. The van der Waals surface area contributed by atoms with Gasteiger partial charge in [0.15, 0.2) is 0 Å². The van der Waals surface area contributed by atoms with Crippen molar-refractivity contribution in [3.63, 3.8) is 0 Å². The van der Waals surface area contributed by atoms with Crippen LogP contribution in [0.25, 0.3) is 10.8 Å². The highest BCUT2D eigenvalue weighted by atomic mass is 35.5. The van der Waals surface area contributed by atoms with Gasteiger partial charge in [-0.05, 0) is 47.5 Å². The van der Waals surface area contributed by atoms with E-state index in [0.717, 1.165) is 20.6 Å². The maximum Gasteiger partial charge on any atom is 0.243 e. The number of amides is 1. The van der Waals surface area contributed by atoms with Crippen molar-refractivity contribution >= 4 is 44.0 Å². The molecule has 1 amide bonds. The van der Waals surface area contributed by atoms with Crippen molar-refractivity contribution in [2.24, 2.45) is 0 Å². The number of sulfonamides is 1. The van der Waals surface area contributed by atoms with Crippen LogP contribution in [0.4, 0.5) is 5.69 Å². The molecule has 0 aliphatic heterocycles. The summed E-state index contributed by atoms with van der Waals surface area (Å²) in [5.41, 5.74) is 1.41. The summed E-state index contributed by atoms with van der Waals surface area (Å²) in [6.45, 7) is 1.55. The first-order valence-electron chi connectivity index (χ1n) is 8.28. The van der Waals surface area contributed by atoms with E-state index in [1.165, 1.54) is 7.05 Å². The molecule has 0 aromatic heterocycles. The third-order valence-corrected chi connectivity index (χ3v) is 6.46. The Bertz CT molecular complexity index is 1110. The molecule has 1 N–H and O–H groups in total. The first kappa shape index (κ1) is 19.4. The average molecular weight is 403 g/mol. The number of nitrogens with zero attached hydrogens (tertiary/aromatic N) is 1. The highest BCUT2D eigenvalue weighted by Crippen LogP contribution is 2.22. The monoisotopic (exact) mass is 402 g/mol. The number of carbonyl (C=O) groups is 1. The summed E-state index contributed by atoms with van der Waals surface area (Å²) in [4.78, 5) is 12.4. The zero-order chi connectivity index (χ0) is 19.6. The minimum absolute atomic E-state index is 0.148. The van der Waals surface area contributed by atoms with Crippen LogP contribution in [-0.4, -0.2) is 32.2 Å². The lowest BCUT2D eigenvalue weighted by Gasteiger charge is -2.17. The van der Waals surface area contributed by atoms with Gasteiger partial charge in [-0.15, -0.1) is 0 Å². The normalized spacial score (nSPS) is 11.7. The van der Waals surface area contributed by atoms with Crippen molar-refractivity contribution in [3.8, 4) is 0 Å². The van der Waals surface area contributed by atoms with Gasteiger partial charge < -0.3 is 5.32 Å². The molecule has 0 bridgehead atoms. The molecule has 0 fully saturated rings. The Kier molecular flexibility index (Phi) is 5.51. The Morgan fingerprint density at radius 1 is 1.04 bits per heavy atom. The lowest BCUT2D eigenvalue weighted by Crippen LogP contribution is -2.34. The quantitative estimate of drug-likeness (QED) is 0.699. The molecule has 3 aromatic rings. The molecular formula is C20H19ClN2O3S. The first-order valence-corrected chi connectivity index (χ1v) is 10.1. The molecule has 0 saturated carbocycles. The summed E-state index contributed by atoms with van der Waals surface area (Å²) < 4.78 is 26.6. The zero-order valence-electron chi connectivity index (χ0n) is 14.9. The highest BCUT2D eigenvalue weighted by Gasteiger charge is 2.23. The first-order chi connectivity index (χ1) is 12.8. The fourth-order valence-corrected chi connectivity index (χ4v) is 4.01. The fourth-order valence-electron chi connectivity index (χ4n) is 2.67. The molecule has 0 saturated heterocycles. The van der Waals surface area contributed by atoms with E-state index in [0.29, 0.717) is 10.7 Å². The number of rotatable bonds is 5. The van der Waals surface area contributed by atoms with Crippen molar-refractivity contribution < 1.29 is 13.2 Å². The largest absolute Gasteiger partial charge is 0.325 e. The summed E-state index contributed by atoms with van der Waals surface area (Å²) in [7, 11) is -2.41. The van der Waals surface area contributed by atoms with E-state index >= 15 is 0 Å². The van der Waals surface area contributed by atoms with Crippen molar-refractivity contribution in [3.05, 3.63) is 71.2 Å². The van der Waals surface area contributed by atoms with Crippen LogP contribution in [-0.2, 0) is 14.8 Å². The Morgan fingerprint density at radius 2 is 1.74 bits per heavy atom. The van der Waals surface area contributed by atoms with E-state index in [1.54, 1.807) is 36.4 Å². The summed E-state index contributed by atoms with van der Waals surface area (Å²) in [6.07, 6.45) is 0. The Hall–Kier alpha value is -2.41. The molecule has 0 atom stereocenters. The van der Waals surface area contributed by atoms with Gasteiger partial charge in [-0.1, -0.05) is 48.0 Å². The van der Waals surface area contributed by atoms with E-state index in [-0.39, 0.29) is 11.4 Å². The minimum atomic E-state index is -3.79. The maximum absolute atomic E-state index is 12.8. The summed E-state index contributed by atoms with van der Waals surface area (Å²) in [6, 6.07) is 17.6. The molecule has 0 spiro atoms. The van der Waals surface area contributed by atoms with Crippen LogP contribution in [0.5, 0.6) is 0 Å². The number of benzene rings is 3. The smallest absolute Gasteiger partial charge is 0.243 e. The summed E-state index contributed by atoms with van der Waals surface area (Å²) >= 11 is 6.05. The van der Waals surface area contributed by atoms with Gasteiger partial charge in [0, 0.05) is 17.8 Å². The second kappa shape index (κ2) is 7.68. The number of likely N-dealkylation sites (N-methyl/N-ethyl adjacent to an activating group) is 1. The number of fused-ring (bicyclic) bond motifs is 1. The van der Waals surface area contributed by atoms with Crippen LogP contribution in [0.3, 0.4) is 0 Å². The van der Waals surface area contributed by atoms with Gasteiger partial charge in [0.25, 0.3) is 0 Å². The standard InChI is InChI=1S/C20H19ClN2O3S/c1-14-7-9-17(12-19(14)21)22-20(24)13-23(2)27(25,26)18-10-8-15-5-3-4-6-16(15)11-18/h3-12H,13H2,1-2H3,(H,22,24). The third kappa shape index (κ3) is 4.30. The molecule has 5 nitrogen and oxygen atoms in total. The van der Waals surface area contributed by atoms with E-state index in [2.05, 4.69) is 5.32 Å². The third-order valence-electron chi connectivity index (χ3n) is 4.25. The predicted molar refractivity (Wildman–Crippen MR) is 109 cm³/mol. The van der Waals surface area contributed by atoms with Gasteiger partial charge in [0.1, 0.15) is 0 Å². The number of anilines is 1. The number of nitrogens with one attached hydrogen (secondary N) is 1. The number of carbonyl (C=O) groups excluding carboxylic acids is 1. The lowest BCUT2D eigenvalue weighted by atomic mass is 10.1. The van der Waals surface area contributed by atoms with Crippen molar-refractivity contribution in [1.29, 1.82) is 0 Å². The molecular weight excluding hydrogens is 384 g/mol. The summed E-state index contributed by atoms with van der Waals surface area (Å²) in [5.74, 6) is -0.443. The maximum atomic E-state index is 12.8. The van der Waals surface area contributed by atoms with Gasteiger partial charge in [0.05, 0.1) is 11.4 Å². The highest BCUT2D eigenvalue weighted by molar-refractivity contribution is 7.89. The van der Waals surface area contributed by atoms with Gasteiger partial charge in [0.2, 0.25) is 15.9 Å². The molecule has 0 aliphatic carbocycles. The summed E-state index contributed by atoms with van der Waals surface area (Å²) in [5, 5.41) is 4.97. The molecule has 3 rings (SSSR count). The molecule has 0 heterocycles. The molecule has 3 aromatic carbocycles. The van der Waals surface area contributed by atoms with Crippen LogP contribution in [0.2, 0.25) is 5.02 Å². The van der Waals surface area contributed by atoms with Crippen LogP contribution in [0.1, 0.15) is 5.56 Å². The molecule has 140 valence electrons. The molecule has 0 radical (unpaired) electrons. The van der Waals surface area contributed by atoms with E-state index < -0.39 is 15.9 Å². The Morgan fingerprint density at radius 3 is 2.44 bits per heavy atom. The van der Waals surface area contributed by atoms with E-state index in [1.807, 2.05) is 31.2 Å². The molecule has 0 unspecified atom stereocenters. The van der Waals surface area contributed by atoms with Crippen molar-refractivity contribution in [2.75, 3.05) is 18.9 Å². The van der Waals surface area contributed by atoms with Crippen molar-refractivity contribution in [2.45, 2.75) is 11.8 Å². The molecule has 0 aliphatic rings. The van der Waals surface area contributed by atoms with Crippen molar-refractivity contribution in [1.82, 2.24) is 4.31 Å². The topological polar surface area (TPSA) is 66.5 Å². The van der Waals surface area contributed by atoms with Gasteiger partial charge in [-0.2, -0.15) is 4.31 Å².